The van der Waals surface area contributed by atoms with Crippen LogP contribution in [0.3, 0.4) is 0 Å². The molecule has 0 aliphatic rings. The molecule has 0 aliphatic carbocycles. The standard InChI is InChI=1S/C83H144O17P2/c1-5-9-13-17-21-25-29-33-36-37-38-39-42-45-48-52-56-60-64-68-81(86)94-73-78(99-82(87)69-65-61-57-53-49-43-32-28-24-20-16-12-8-4)75-97-101(89,90)95-71-77(84)72-96-102(91,92)98-76-79(100-83(88)70-66-62-58-54-50-46-41-35-31-27-23-19-15-11-7-3)74-93-80(85)67-63-59-55-51-47-44-40-34-30-26-22-18-14-10-6-2/h9-10,13-14,21-23,25-27,33-36,38-41,77-79,84H,5-8,11-12,15-20,24,28-32,37,42-76H2,1-4H3,(H,89,90)(H,91,92)/b13-9-,14-10-,25-21-,26-22-,27-23-,36-33-,39-38-,40-34-,41-35-. The van der Waals surface area contributed by atoms with Gasteiger partial charge in [0.15, 0.2) is 12.2 Å². The molecule has 0 spiro atoms. The molecule has 0 fully saturated rings. The molecule has 0 saturated carbocycles. The second kappa shape index (κ2) is 75.0. The monoisotopic (exact) mass is 1470 g/mol. The second-order valence-corrected chi connectivity index (χ2v) is 29.5. The van der Waals surface area contributed by atoms with Crippen molar-refractivity contribution < 1.29 is 80.2 Å². The van der Waals surface area contributed by atoms with E-state index in [0.29, 0.717) is 25.7 Å². The lowest BCUT2D eigenvalue weighted by Gasteiger charge is -2.21. The van der Waals surface area contributed by atoms with E-state index in [1.165, 1.54) is 70.6 Å². The van der Waals surface area contributed by atoms with Gasteiger partial charge in [-0.1, -0.05) is 291 Å². The molecular formula is C83H144O17P2. The molecule has 102 heavy (non-hydrogen) atoms. The van der Waals surface area contributed by atoms with Gasteiger partial charge in [0.1, 0.15) is 19.3 Å². The molecular weight excluding hydrogens is 1330 g/mol. The Morgan fingerprint density at radius 2 is 0.510 bits per heavy atom. The SMILES string of the molecule is CC/C=C\C/C=C\C/C=C\C/C=C\CCCCCCCCC(=O)OCC(COP(=O)(O)OCC(O)COP(=O)(O)OCC(COC(=O)CCCCCCC/C=C\C/C=C\C/C=C\CC)OC(=O)CCCCCCC/C=C\C/C=C\CCCCC)OC(=O)CCCCCCCCCCCCCCC. The maximum atomic E-state index is 13.1. The number of aliphatic hydroxyl groups is 1. The summed E-state index contributed by atoms with van der Waals surface area (Å²) in [5.74, 6) is -2.21. The number of phosphoric acid groups is 2. The van der Waals surface area contributed by atoms with Crippen molar-refractivity contribution in [3.63, 3.8) is 0 Å². The third kappa shape index (κ3) is 74.0. The summed E-state index contributed by atoms with van der Waals surface area (Å²) in [6.45, 7) is 4.61. The third-order valence-corrected chi connectivity index (χ3v) is 18.6. The maximum Gasteiger partial charge on any atom is 0.472 e. The molecule has 0 bridgehead atoms. The molecule has 0 saturated heterocycles. The van der Waals surface area contributed by atoms with E-state index in [1.807, 2.05) is 0 Å². The molecule has 0 rings (SSSR count). The maximum absolute atomic E-state index is 13.1. The average Bonchev–Trinajstić information content (AvgIpc) is 0.908. The highest BCUT2D eigenvalue weighted by Crippen LogP contribution is 2.45. The zero-order valence-electron chi connectivity index (χ0n) is 64.3. The minimum atomic E-state index is -4.98. The van der Waals surface area contributed by atoms with Crippen LogP contribution in [0, 0.1) is 0 Å². The Labute approximate surface area is 619 Å². The van der Waals surface area contributed by atoms with Gasteiger partial charge in [-0.3, -0.25) is 37.3 Å². The number of unbranched alkanes of at least 4 members (excludes halogenated alkanes) is 31. The second-order valence-electron chi connectivity index (χ2n) is 26.6. The summed E-state index contributed by atoms with van der Waals surface area (Å²) < 4.78 is 68.6. The van der Waals surface area contributed by atoms with Crippen LogP contribution in [-0.4, -0.2) is 96.7 Å². The first kappa shape index (κ1) is 97.7. The summed E-state index contributed by atoms with van der Waals surface area (Å²) in [7, 11) is -9.96. The molecule has 0 aliphatic heterocycles. The summed E-state index contributed by atoms with van der Waals surface area (Å²) >= 11 is 0. The van der Waals surface area contributed by atoms with Crippen LogP contribution in [0.25, 0.3) is 0 Å². The van der Waals surface area contributed by atoms with E-state index in [9.17, 15) is 43.2 Å². The van der Waals surface area contributed by atoms with Crippen molar-refractivity contribution in [1.29, 1.82) is 0 Å². The van der Waals surface area contributed by atoms with Gasteiger partial charge in [0.2, 0.25) is 0 Å². The molecule has 0 radical (unpaired) electrons. The predicted molar refractivity (Wildman–Crippen MR) is 418 cm³/mol. The van der Waals surface area contributed by atoms with E-state index in [2.05, 4.69) is 137 Å². The Hall–Kier alpha value is -4.28. The smallest absolute Gasteiger partial charge is 0.462 e. The average molecular weight is 1480 g/mol. The minimum absolute atomic E-state index is 0.0747. The lowest BCUT2D eigenvalue weighted by molar-refractivity contribution is -0.161. The van der Waals surface area contributed by atoms with Crippen molar-refractivity contribution in [2.75, 3.05) is 39.6 Å². The summed E-state index contributed by atoms with van der Waals surface area (Å²) in [6, 6.07) is 0. The van der Waals surface area contributed by atoms with E-state index in [1.54, 1.807) is 0 Å². The quantitative estimate of drug-likeness (QED) is 0.0169. The fourth-order valence-electron chi connectivity index (χ4n) is 10.7. The zero-order valence-corrected chi connectivity index (χ0v) is 66.0. The Morgan fingerprint density at radius 1 is 0.284 bits per heavy atom. The van der Waals surface area contributed by atoms with E-state index >= 15 is 0 Å². The number of hydrogen-bond donors (Lipinski definition) is 3. The lowest BCUT2D eigenvalue weighted by atomic mass is 10.0. The number of carbonyl (C=O) groups is 4. The molecule has 3 N–H and O–H groups in total. The summed E-state index contributed by atoms with van der Waals surface area (Å²) in [6.07, 6.45) is 80.6. The van der Waals surface area contributed by atoms with E-state index in [-0.39, 0.29) is 25.7 Å². The molecule has 5 atom stereocenters. The van der Waals surface area contributed by atoms with Crippen molar-refractivity contribution >= 4 is 39.5 Å². The first-order valence-electron chi connectivity index (χ1n) is 40.1. The molecule has 0 heterocycles. The van der Waals surface area contributed by atoms with Crippen molar-refractivity contribution in [1.82, 2.24) is 0 Å². The highest BCUT2D eigenvalue weighted by atomic mass is 31.2. The van der Waals surface area contributed by atoms with E-state index < -0.39 is 97.5 Å². The number of esters is 4. The van der Waals surface area contributed by atoms with E-state index in [0.717, 1.165) is 186 Å². The van der Waals surface area contributed by atoms with Gasteiger partial charge in [-0.2, -0.15) is 0 Å². The summed E-state index contributed by atoms with van der Waals surface area (Å²) in [5.41, 5.74) is 0. The first-order chi connectivity index (χ1) is 49.7. The molecule has 0 amide bonds. The minimum Gasteiger partial charge on any atom is -0.462 e. The number of carbonyl (C=O) groups excluding carboxylic acids is 4. The van der Waals surface area contributed by atoms with Crippen molar-refractivity contribution in [3.05, 3.63) is 109 Å². The van der Waals surface area contributed by atoms with Crippen LogP contribution in [0.5, 0.6) is 0 Å². The topological polar surface area (TPSA) is 237 Å². The van der Waals surface area contributed by atoms with Crippen LogP contribution < -0.4 is 0 Å². The van der Waals surface area contributed by atoms with Crippen LogP contribution >= 0.6 is 15.6 Å². The van der Waals surface area contributed by atoms with Crippen LogP contribution in [-0.2, 0) is 65.4 Å². The Bertz CT molecular complexity index is 2360. The van der Waals surface area contributed by atoms with Gasteiger partial charge in [-0.25, -0.2) is 9.13 Å². The van der Waals surface area contributed by atoms with Crippen molar-refractivity contribution in [3.8, 4) is 0 Å². The highest BCUT2D eigenvalue weighted by molar-refractivity contribution is 7.47. The van der Waals surface area contributed by atoms with E-state index in [4.69, 9.17) is 37.0 Å². The fourth-order valence-corrected chi connectivity index (χ4v) is 12.2. The number of allylic oxidation sites excluding steroid dienone is 18. The van der Waals surface area contributed by atoms with Gasteiger partial charge in [0.25, 0.3) is 0 Å². The third-order valence-electron chi connectivity index (χ3n) is 16.7. The largest absolute Gasteiger partial charge is 0.472 e. The highest BCUT2D eigenvalue weighted by Gasteiger charge is 2.30. The summed E-state index contributed by atoms with van der Waals surface area (Å²) in [4.78, 5) is 73.0. The molecule has 0 aromatic heterocycles. The van der Waals surface area contributed by atoms with Gasteiger partial charge in [-0.15, -0.1) is 0 Å². The van der Waals surface area contributed by atoms with Crippen LogP contribution in [0.1, 0.15) is 336 Å². The van der Waals surface area contributed by atoms with Crippen LogP contribution in [0.2, 0.25) is 0 Å². The van der Waals surface area contributed by atoms with Crippen molar-refractivity contribution in [2.45, 2.75) is 354 Å². The number of phosphoric ester groups is 2. The van der Waals surface area contributed by atoms with Gasteiger partial charge in [0.05, 0.1) is 26.4 Å². The van der Waals surface area contributed by atoms with Gasteiger partial charge < -0.3 is 33.8 Å². The number of aliphatic hydroxyl groups excluding tert-OH is 1. The summed E-state index contributed by atoms with van der Waals surface area (Å²) in [5, 5.41) is 10.6. The predicted octanol–water partition coefficient (Wildman–Crippen LogP) is 23.3. The first-order valence-corrected chi connectivity index (χ1v) is 43.1. The molecule has 17 nitrogen and oxygen atoms in total. The van der Waals surface area contributed by atoms with Crippen molar-refractivity contribution in [2.24, 2.45) is 0 Å². The zero-order chi connectivity index (χ0) is 74.6. The normalized spacial score (nSPS) is 14.5. The molecule has 0 aromatic carbocycles. The Balaban J connectivity index is 5.36. The number of rotatable bonds is 75. The van der Waals surface area contributed by atoms with Gasteiger partial charge in [-0.05, 0) is 128 Å². The Morgan fingerprint density at radius 3 is 0.804 bits per heavy atom. The fraction of sp³-hybridized carbons (Fsp3) is 0.735. The molecule has 19 heteroatoms. The lowest BCUT2D eigenvalue weighted by Crippen LogP contribution is -2.30. The van der Waals surface area contributed by atoms with Gasteiger partial charge in [0, 0.05) is 25.7 Å². The molecule has 5 unspecified atom stereocenters. The van der Waals surface area contributed by atoms with Gasteiger partial charge >= 0.3 is 39.5 Å². The Kier molecular flexibility index (Phi) is 71.8. The molecule has 0 aromatic rings. The number of ether oxygens (including phenoxy) is 4. The molecule has 588 valence electrons. The van der Waals surface area contributed by atoms with Crippen LogP contribution in [0.4, 0.5) is 0 Å². The van der Waals surface area contributed by atoms with Crippen LogP contribution in [0.15, 0.2) is 109 Å². The number of hydrogen-bond acceptors (Lipinski definition) is 15.